The van der Waals surface area contributed by atoms with Crippen LogP contribution in [0.15, 0.2) is 0 Å². The Morgan fingerprint density at radius 3 is 2.75 bits per heavy atom. The van der Waals surface area contributed by atoms with Crippen LogP contribution in [0.2, 0.25) is 0 Å². The molecule has 1 aliphatic rings. The molecule has 0 bridgehead atoms. The first-order valence-electron chi connectivity index (χ1n) is 5.64. The van der Waals surface area contributed by atoms with E-state index < -0.39 is 5.54 Å². The summed E-state index contributed by atoms with van der Waals surface area (Å²) < 4.78 is 4.78. The number of aliphatic hydroxyl groups excluding tert-OH is 1. The minimum absolute atomic E-state index is 0.174. The first kappa shape index (κ1) is 13.8. The Labute approximate surface area is 101 Å². The summed E-state index contributed by atoms with van der Waals surface area (Å²) in [6, 6.07) is 0. The molecule has 0 amide bonds. The van der Waals surface area contributed by atoms with E-state index in [9.17, 15) is 4.79 Å². The van der Waals surface area contributed by atoms with Crippen molar-refractivity contribution in [1.29, 1.82) is 0 Å². The molecule has 0 aromatic heterocycles. The van der Waals surface area contributed by atoms with Gasteiger partial charge in [-0.1, -0.05) is 6.92 Å². The van der Waals surface area contributed by atoms with Crippen LogP contribution in [0.4, 0.5) is 0 Å². The number of thioether (sulfide) groups is 1. The number of rotatable bonds is 7. The average Bonchev–Trinajstić information content (AvgIpc) is 3.09. The molecule has 0 heterocycles. The maximum absolute atomic E-state index is 11.7. The van der Waals surface area contributed by atoms with E-state index in [1.54, 1.807) is 11.8 Å². The number of ether oxygens (including phenoxy) is 1. The predicted octanol–water partition coefficient (Wildman–Crippen LogP) is 0.771. The molecule has 0 aromatic rings. The molecule has 2 unspecified atom stereocenters. The van der Waals surface area contributed by atoms with E-state index in [4.69, 9.17) is 15.6 Å². The third kappa shape index (κ3) is 3.37. The summed E-state index contributed by atoms with van der Waals surface area (Å²) in [5.74, 6) is 0.540. The van der Waals surface area contributed by atoms with Crippen molar-refractivity contribution in [3.05, 3.63) is 0 Å². The van der Waals surface area contributed by atoms with Crippen LogP contribution in [0, 0.1) is 5.92 Å². The Kier molecular flexibility index (Phi) is 5.08. The van der Waals surface area contributed by atoms with Crippen LogP contribution in [-0.2, 0) is 9.53 Å². The SMILES string of the molecule is COC(=O)C(N)(CSC(C)CCO)C1CC1. The molecule has 16 heavy (non-hydrogen) atoms. The minimum Gasteiger partial charge on any atom is -0.468 e. The summed E-state index contributed by atoms with van der Waals surface area (Å²) in [5, 5.41) is 9.12. The van der Waals surface area contributed by atoms with Gasteiger partial charge in [-0.25, -0.2) is 0 Å². The second-order valence-corrected chi connectivity index (χ2v) is 5.87. The number of carbonyl (C=O) groups is 1. The lowest BCUT2D eigenvalue weighted by Gasteiger charge is -2.27. The quantitative estimate of drug-likeness (QED) is 0.650. The maximum Gasteiger partial charge on any atom is 0.326 e. The van der Waals surface area contributed by atoms with E-state index in [0.29, 0.717) is 11.0 Å². The summed E-state index contributed by atoms with van der Waals surface area (Å²) in [6.07, 6.45) is 2.76. The monoisotopic (exact) mass is 247 g/mol. The standard InChI is InChI=1S/C11H21NO3S/c1-8(5-6-13)16-7-11(12,9-3-4-9)10(14)15-2/h8-9,13H,3-7,12H2,1-2H3. The van der Waals surface area contributed by atoms with Gasteiger partial charge in [0.15, 0.2) is 0 Å². The summed E-state index contributed by atoms with van der Waals surface area (Å²) in [5.41, 5.74) is 5.31. The number of hydrogen-bond donors (Lipinski definition) is 2. The van der Waals surface area contributed by atoms with Gasteiger partial charge in [-0.2, -0.15) is 11.8 Å². The average molecular weight is 247 g/mol. The van der Waals surface area contributed by atoms with Crippen LogP contribution in [0.25, 0.3) is 0 Å². The van der Waals surface area contributed by atoms with Crippen LogP contribution in [0.5, 0.6) is 0 Å². The van der Waals surface area contributed by atoms with E-state index in [1.165, 1.54) is 7.11 Å². The molecule has 1 saturated carbocycles. The number of nitrogens with two attached hydrogens (primary N) is 1. The molecule has 4 nitrogen and oxygen atoms in total. The minimum atomic E-state index is -0.830. The van der Waals surface area contributed by atoms with Crippen molar-refractivity contribution in [2.24, 2.45) is 11.7 Å². The van der Waals surface area contributed by atoms with E-state index in [1.807, 2.05) is 6.92 Å². The van der Waals surface area contributed by atoms with Crippen molar-refractivity contribution in [2.75, 3.05) is 19.5 Å². The van der Waals surface area contributed by atoms with Gasteiger partial charge in [-0.05, 0) is 25.2 Å². The second kappa shape index (κ2) is 5.89. The van der Waals surface area contributed by atoms with Gasteiger partial charge in [0, 0.05) is 17.6 Å². The molecule has 0 aliphatic heterocycles. The number of aliphatic hydroxyl groups is 1. The molecule has 5 heteroatoms. The fourth-order valence-corrected chi connectivity index (χ4v) is 2.86. The van der Waals surface area contributed by atoms with E-state index in [-0.39, 0.29) is 18.5 Å². The summed E-state index contributed by atoms with van der Waals surface area (Å²) in [4.78, 5) is 11.7. The fourth-order valence-electron chi connectivity index (χ4n) is 1.68. The molecule has 3 N–H and O–H groups in total. The topological polar surface area (TPSA) is 72.5 Å². The molecule has 0 radical (unpaired) electrons. The number of hydrogen-bond acceptors (Lipinski definition) is 5. The predicted molar refractivity (Wildman–Crippen MR) is 65.3 cm³/mol. The lowest BCUT2D eigenvalue weighted by atomic mass is 9.97. The molecule has 0 spiro atoms. The third-order valence-electron chi connectivity index (χ3n) is 3.01. The summed E-state index contributed by atoms with van der Waals surface area (Å²) in [6.45, 7) is 2.21. The number of esters is 1. The Hall–Kier alpha value is -0.260. The first-order chi connectivity index (χ1) is 7.54. The van der Waals surface area contributed by atoms with Crippen LogP contribution >= 0.6 is 11.8 Å². The van der Waals surface area contributed by atoms with Crippen LogP contribution in [-0.4, -0.2) is 41.3 Å². The van der Waals surface area contributed by atoms with Gasteiger partial charge < -0.3 is 15.6 Å². The zero-order valence-electron chi connectivity index (χ0n) is 9.94. The molecule has 1 fully saturated rings. The largest absolute Gasteiger partial charge is 0.468 e. The fraction of sp³-hybridized carbons (Fsp3) is 0.909. The molecule has 2 atom stereocenters. The van der Waals surface area contributed by atoms with Crippen molar-refractivity contribution in [3.63, 3.8) is 0 Å². The Balaban J connectivity index is 2.48. The normalized spacial score (nSPS) is 21.2. The Morgan fingerprint density at radius 2 is 2.31 bits per heavy atom. The molecule has 0 saturated heterocycles. The van der Waals surface area contributed by atoms with Gasteiger partial charge >= 0.3 is 5.97 Å². The van der Waals surface area contributed by atoms with Crippen LogP contribution in [0.3, 0.4) is 0 Å². The first-order valence-corrected chi connectivity index (χ1v) is 6.69. The van der Waals surface area contributed by atoms with Gasteiger partial charge in [-0.15, -0.1) is 0 Å². The highest BCUT2D eigenvalue weighted by molar-refractivity contribution is 8.00. The Bertz CT molecular complexity index is 245. The van der Waals surface area contributed by atoms with Crippen molar-refractivity contribution in [1.82, 2.24) is 0 Å². The van der Waals surface area contributed by atoms with Crippen molar-refractivity contribution >= 4 is 17.7 Å². The third-order valence-corrected chi connectivity index (χ3v) is 4.46. The lowest BCUT2D eigenvalue weighted by Crippen LogP contribution is -2.53. The second-order valence-electron chi connectivity index (χ2n) is 4.44. The van der Waals surface area contributed by atoms with E-state index in [0.717, 1.165) is 19.3 Å². The Morgan fingerprint density at radius 1 is 1.69 bits per heavy atom. The van der Waals surface area contributed by atoms with Crippen LogP contribution in [0.1, 0.15) is 26.2 Å². The number of carbonyl (C=O) groups excluding carboxylic acids is 1. The highest BCUT2D eigenvalue weighted by Gasteiger charge is 2.48. The molecule has 0 aromatic carbocycles. The molecular weight excluding hydrogens is 226 g/mol. The van der Waals surface area contributed by atoms with E-state index in [2.05, 4.69) is 0 Å². The molecule has 94 valence electrons. The van der Waals surface area contributed by atoms with Crippen molar-refractivity contribution in [2.45, 2.75) is 37.0 Å². The summed E-state index contributed by atoms with van der Waals surface area (Å²) in [7, 11) is 1.38. The van der Waals surface area contributed by atoms with Crippen molar-refractivity contribution in [3.8, 4) is 0 Å². The highest BCUT2D eigenvalue weighted by Crippen LogP contribution is 2.41. The molecule has 1 aliphatic carbocycles. The molecular formula is C11H21NO3S. The summed E-state index contributed by atoms with van der Waals surface area (Å²) >= 11 is 1.63. The molecule has 1 rings (SSSR count). The van der Waals surface area contributed by atoms with Gasteiger partial charge in [0.2, 0.25) is 0 Å². The van der Waals surface area contributed by atoms with E-state index >= 15 is 0 Å². The smallest absolute Gasteiger partial charge is 0.326 e. The maximum atomic E-state index is 11.7. The number of methoxy groups -OCH3 is 1. The lowest BCUT2D eigenvalue weighted by molar-refractivity contribution is -0.146. The highest BCUT2D eigenvalue weighted by atomic mass is 32.2. The van der Waals surface area contributed by atoms with Gasteiger partial charge in [-0.3, -0.25) is 4.79 Å². The van der Waals surface area contributed by atoms with Gasteiger partial charge in [0.05, 0.1) is 7.11 Å². The van der Waals surface area contributed by atoms with Crippen molar-refractivity contribution < 1.29 is 14.6 Å². The van der Waals surface area contributed by atoms with Gasteiger partial charge in [0.1, 0.15) is 5.54 Å². The van der Waals surface area contributed by atoms with Gasteiger partial charge in [0.25, 0.3) is 0 Å². The zero-order valence-corrected chi connectivity index (χ0v) is 10.8. The zero-order chi connectivity index (χ0) is 12.2. The van der Waals surface area contributed by atoms with Crippen LogP contribution < -0.4 is 5.73 Å².